The molecular weight excluding hydrogens is 400 g/mol. The Bertz CT molecular complexity index is 1130. The van der Waals surface area contributed by atoms with E-state index in [9.17, 15) is 9.59 Å². The first-order chi connectivity index (χ1) is 15.1. The SMILES string of the molecule is COc1cccc(N2C[C@@]34C=CC(O3)C(C(=O)Nc3ccc5c(c3)OCO5)C4C2=O)c1. The maximum absolute atomic E-state index is 13.4. The Balaban J connectivity index is 1.28. The number of nitrogens with zero attached hydrogens (tertiary/aromatic N) is 1. The largest absolute Gasteiger partial charge is 0.497 e. The highest BCUT2D eigenvalue weighted by Gasteiger charge is 2.67. The summed E-state index contributed by atoms with van der Waals surface area (Å²) >= 11 is 0. The molecule has 1 N–H and O–H groups in total. The van der Waals surface area contributed by atoms with Crippen molar-refractivity contribution in [1.82, 2.24) is 0 Å². The third-order valence-corrected chi connectivity index (χ3v) is 6.41. The predicted molar refractivity (Wildman–Crippen MR) is 110 cm³/mol. The van der Waals surface area contributed by atoms with Gasteiger partial charge in [0.2, 0.25) is 18.6 Å². The monoisotopic (exact) mass is 420 g/mol. The lowest BCUT2D eigenvalue weighted by Gasteiger charge is -2.23. The van der Waals surface area contributed by atoms with Crippen molar-refractivity contribution >= 4 is 23.2 Å². The van der Waals surface area contributed by atoms with Crippen LogP contribution in [0.5, 0.6) is 17.2 Å². The van der Waals surface area contributed by atoms with Crippen LogP contribution in [0.3, 0.4) is 0 Å². The van der Waals surface area contributed by atoms with Gasteiger partial charge in [0.1, 0.15) is 11.4 Å². The molecule has 4 heterocycles. The maximum Gasteiger partial charge on any atom is 0.234 e. The minimum absolute atomic E-state index is 0.120. The molecule has 0 radical (unpaired) electrons. The van der Waals surface area contributed by atoms with Gasteiger partial charge in [-0.3, -0.25) is 9.59 Å². The average Bonchev–Trinajstić information content (AvgIpc) is 3.54. The lowest BCUT2D eigenvalue weighted by molar-refractivity contribution is -0.128. The van der Waals surface area contributed by atoms with E-state index >= 15 is 0 Å². The molecule has 4 aliphatic heterocycles. The van der Waals surface area contributed by atoms with Crippen LogP contribution in [0.25, 0.3) is 0 Å². The summed E-state index contributed by atoms with van der Waals surface area (Å²) in [5, 5.41) is 2.92. The summed E-state index contributed by atoms with van der Waals surface area (Å²) in [5.74, 6) is 0.327. The van der Waals surface area contributed by atoms with Gasteiger partial charge in [-0.25, -0.2) is 0 Å². The Labute approximate surface area is 178 Å². The number of hydrogen-bond acceptors (Lipinski definition) is 6. The molecule has 2 aromatic rings. The first kappa shape index (κ1) is 18.3. The summed E-state index contributed by atoms with van der Waals surface area (Å²) in [7, 11) is 1.59. The first-order valence-corrected chi connectivity index (χ1v) is 10.1. The first-order valence-electron chi connectivity index (χ1n) is 10.1. The van der Waals surface area contributed by atoms with E-state index in [4.69, 9.17) is 18.9 Å². The zero-order valence-electron chi connectivity index (χ0n) is 16.7. The van der Waals surface area contributed by atoms with Crippen molar-refractivity contribution in [2.24, 2.45) is 11.8 Å². The van der Waals surface area contributed by atoms with E-state index in [1.165, 1.54) is 0 Å². The van der Waals surface area contributed by atoms with E-state index in [-0.39, 0.29) is 18.6 Å². The van der Waals surface area contributed by atoms with Crippen LogP contribution < -0.4 is 24.4 Å². The van der Waals surface area contributed by atoms with Crippen molar-refractivity contribution in [3.8, 4) is 17.2 Å². The Morgan fingerprint density at radius 2 is 2.06 bits per heavy atom. The summed E-state index contributed by atoms with van der Waals surface area (Å²) in [6, 6.07) is 12.6. The van der Waals surface area contributed by atoms with Gasteiger partial charge in [0.25, 0.3) is 0 Å². The van der Waals surface area contributed by atoms with Crippen molar-refractivity contribution in [3.05, 3.63) is 54.6 Å². The summed E-state index contributed by atoms with van der Waals surface area (Å²) in [5.41, 5.74) is 0.524. The third-order valence-electron chi connectivity index (χ3n) is 6.41. The second-order valence-corrected chi connectivity index (χ2v) is 8.08. The fourth-order valence-electron chi connectivity index (χ4n) is 4.99. The number of rotatable bonds is 4. The molecule has 4 aliphatic rings. The second-order valence-electron chi connectivity index (χ2n) is 8.08. The summed E-state index contributed by atoms with van der Waals surface area (Å²) < 4.78 is 22.2. The normalized spacial score (nSPS) is 29.4. The Hall–Kier alpha value is -3.52. The zero-order chi connectivity index (χ0) is 21.2. The van der Waals surface area contributed by atoms with Gasteiger partial charge in [-0.2, -0.15) is 0 Å². The van der Waals surface area contributed by atoms with Crippen LogP contribution in [0.1, 0.15) is 0 Å². The summed E-state index contributed by atoms with van der Waals surface area (Å²) in [4.78, 5) is 28.4. The molecule has 2 saturated heterocycles. The topological polar surface area (TPSA) is 86.3 Å². The molecule has 0 saturated carbocycles. The van der Waals surface area contributed by atoms with Gasteiger partial charge in [-0.1, -0.05) is 18.2 Å². The van der Waals surface area contributed by atoms with Gasteiger partial charge in [0, 0.05) is 23.5 Å². The fourth-order valence-corrected chi connectivity index (χ4v) is 4.99. The Morgan fingerprint density at radius 3 is 2.94 bits per heavy atom. The molecule has 158 valence electrons. The highest BCUT2D eigenvalue weighted by atomic mass is 16.7. The highest BCUT2D eigenvalue weighted by Crippen LogP contribution is 2.53. The zero-order valence-corrected chi connectivity index (χ0v) is 16.7. The maximum atomic E-state index is 13.4. The number of hydrogen-bond donors (Lipinski definition) is 1. The molecule has 3 unspecified atom stereocenters. The number of carbonyl (C=O) groups is 2. The van der Waals surface area contributed by atoms with Crippen LogP contribution in [-0.2, 0) is 14.3 Å². The quantitative estimate of drug-likeness (QED) is 0.765. The van der Waals surface area contributed by atoms with E-state index in [2.05, 4.69) is 5.32 Å². The molecular formula is C23H20N2O6. The van der Waals surface area contributed by atoms with Gasteiger partial charge in [-0.05, 0) is 24.3 Å². The minimum Gasteiger partial charge on any atom is -0.497 e. The smallest absolute Gasteiger partial charge is 0.234 e. The molecule has 2 amide bonds. The van der Waals surface area contributed by atoms with Crippen LogP contribution in [0.4, 0.5) is 11.4 Å². The van der Waals surface area contributed by atoms with Crippen molar-refractivity contribution in [2.75, 3.05) is 30.7 Å². The van der Waals surface area contributed by atoms with E-state index in [1.807, 2.05) is 36.4 Å². The average molecular weight is 420 g/mol. The minimum atomic E-state index is -0.790. The van der Waals surface area contributed by atoms with E-state index in [1.54, 1.807) is 30.2 Å². The van der Waals surface area contributed by atoms with Crippen molar-refractivity contribution in [1.29, 1.82) is 0 Å². The summed E-state index contributed by atoms with van der Waals surface area (Å²) in [6.45, 7) is 0.528. The molecule has 8 heteroatoms. The second kappa shape index (κ2) is 6.49. The molecule has 2 bridgehead atoms. The molecule has 0 aromatic heterocycles. The van der Waals surface area contributed by atoms with E-state index < -0.39 is 23.5 Å². The van der Waals surface area contributed by atoms with E-state index in [0.29, 0.717) is 29.5 Å². The van der Waals surface area contributed by atoms with Gasteiger partial charge in [-0.15, -0.1) is 0 Å². The Kier molecular flexibility index (Phi) is 3.82. The Morgan fingerprint density at radius 1 is 1.19 bits per heavy atom. The van der Waals surface area contributed by atoms with Crippen molar-refractivity contribution < 1.29 is 28.5 Å². The van der Waals surface area contributed by atoms with Crippen LogP contribution in [-0.4, -0.2) is 44.0 Å². The molecule has 31 heavy (non-hydrogen) atoms. The number of fused-ring (bicyclic) bond motifs is 2. The third kappa shape index (κ3) is 2.64. The fraction of sp³-hybridized carbons (Fsp3) is 0.304. The lowest BCUT2D eigenvalue weighted by Crippen LogP contribution is -2.41. The highest BCUT2D eigenvalue weighted by molar-refractivity contribution is 6.05. The van der Waals surface area contributed by atoms with Crippen LogP contribution in [0.15, 0.2) is 54.6 Å². The predicted octanol–water partition coefficient (Wildman–Crippen LogP) is 2.35. The van der Waals surface area contributed by atoms with Crippen LogP contribution >= 0.6 is 0 Å². The molecule has 1 spiro atoms. The standard InChI is InChI=1S/C23H20N2O6/c1-28-15-4-2-3-14(10-15)25-11-23-8-7-17(31-23)19(20(23)22(25)27)21(26)24-13-5-6-16-18(9-13)30-12-29-16/h2-10,17,19-20H,11-12H2,1H3,(H,24,26)/t17?,19?,20?,23-/m1/s1. The van der Waals surface area contributed by atoms with Crippen LogP contribution in [0.2, 0.25) is 0 Å². The van der Waals surface area contributed by atoms with Crippen LogP contribution in [0, 0.1) is 11.8 Å². The number of methoxy groups -OCH3 is 1. The molecule has 2 aromatic carbocycles. The van der Waals surface area contributed by atoms with Gasteiger partial charge >= 0.3 is 0 Å². The number of anilines is 2. The molecule has 8 nitrogen and oxygen atoms in total. The molecule has 6 rings (SSSR count). The number of amides is 2. The van der Waals surface area contributed by atoms with Crippen molar-refractivity contribution in [3.63, 3.8) is 0 Å². The molecule has 2 fully saturated rings. The number of ether oxygens (including phenoxy) is 4. The van der Waals surface area contributed by atoms with Gasteiger partial charge in [0.05, 0.1) is 31.6 Å². The number of nitrogens with one attached hydrogen (secondary N) is 1. The number of benzene rings is 2. The number of carbonyl (C=O) groups excluding carboxylic acids is 2. The van der Waals surface area contributed by atoms with Gasteiger partial charge in [0.15, 0.2) is 11.5 Å². The lowest BCUT2D eigenvalue weighted by atomic mass is 9.77. The van der Waals surface area contributed by atoms with Crippen molar-refractivity contribution in [2.45, 2.75) is 11.7 Å². The van der Waals surface area contributed by atoms with Gasteiger partial charge < -0.3 is 29.2 Å². The summed E-state index contributed by atoms with van der Waals surface area (Å²) in [6.07, 6.45) is 3.41. The van der Waals surface area contributed by atoms with E-state index in [0.717, 1.165) is 5.69 Å². The molecule has 4 atom stereocenters. The molecule has 0 aliphatic carbocycles.